The molecule has 21 heavy (non-hydrogen) atoms. The van der Waals surface area contributed by atoms with Gasteiger partial charge in [0.05, 0.1) is 0 Å². The summed E-state index contributed by atoms with van der Waals surface area (Å²) in [6.07, 6.45) is 5.30. The van der Waals surface area contributed by atoms with E-state index in [1.807, 2.05) is 35.8 Å². The molecule has 3 rings (SSSR count). The van der Waals surface area contributed by atoms with Crippen molar-refractivity contribution in [2.45, 2.75) is 19.3 Å². The molecule has 5 nitrogen and oxygen atoms in total. The van der Waals surface area contributed by atoms with Gasteiger partial charge in [-0.3, -0.25) is 4.40 Å². The molecule has 0 aromatic carbocycles. The summed E-state index contributed by atoms with van der Waals surface area (Å²) >= 11 is 0. The Bertz CT molecular complexity index is 652. The number of nitriles is 1. The van der Waals surface area contributed by atoms with E-state index in [-0.39, 0.29) is 0 Å². The van der Waals surface area contributed by atoms with Crippen LogP contribution in [0, 0.1) is 17.2 Å². The molecule has 1 aliphatic heterocycles. The van der Waals surface area contributed by atoms with Gasteiger partial charge in [0, 0.05) is 33.0 Å². The van der Waals surface area contributed by atoms with E-state index >= 15 is 0 Å². The van der Waals surface area contributed by atoms with Crippen molar-refractivity contribution in [3.05, 3.63) is 30.1 Å². The Kier molecular flexibility index (Phi) is 4.07. The lowest BCUT2D eigenvalue weighted by molar-refractivity contribution is 0.0645. The molecule has 0 N–H and O–H groups in total. The number of imidazole rings is 1. The first-order valence-electron chi connectivity index (χ1n) is 7.45. The fourth-order valence-corrected chi connectivity index (χ4v) is 2.87. The maximum atomic E-state index is 9.42. The minimum Gasteiger partial charge on any atom is -0.381 e. The van der Waals surface area contributed by atoms with Gasteiger partial charge in [-0.05, 0) is 37.3 Å². The van der Waals surface area contributed by atoms with E-state index in [1.54, 1.807) is 0 Å². The number of hydrogen-bond acceptors (Lipinski definition) is 4. The van der Waals surface area contributed by atoms with Crippen molar-refractivity contribution in [2.24, 2.45) is 5.92 Å². The molecule has 2 aromatic heterocycles. The zero-order valence-electron chi connectivity index (χ0n) is 12.3. The molecule has 0 spiro atoms. The Morgan fingerprint density at radius 2 is 2.24 bits per heavy atom. The molecule has 0 saturated carbocycles. The first-order chi connectivity index (χ1) is 10.3. The van der Waals surface area contributed by atoms with Gasteiger partial charge in [-0.1, -0.05) is 6.07 Å². The molecular formula is C16H20N4O. The highest BCUT2D eigenvalue weighted by molar-refractivity contribution is 5.59. The lowest BCUT2D eigenvalue weighted by atomic mass is 9.96. The van der Waals surface area contributed by atoms with Gasteiger partial charge in [-0.2, -0.15) is 5.26 Å². The third-order valence-electron chi connectivity index (χ3n) is 4.19. The third-order valence-corrected chi connectivity index (χ3v) is 4.19. The summed E-state index contributed by atoms with van der Waals surface area (Å²) in [6.45, 7) is 2.68. The summed E-state index contributed by atoms with van der Waals surface area (Å²) in [5.74, 6) is 1.50. The molecule has 0 radical (unpaired) electrons. The summed E-state index contributed by atoms with van der Waals surface area (Å²) in [5, 5.41) is 9.42. The first-order valence-corrected chi connectivity index (χ1v) is 7.45. The maximum Gasteiger partial charge on any atom is 0.169 e. The molecule has 0 unspecified atom stereocenters. The Morgan fingerprint density at radius 3 is 3.00 bits per heavy atom. The van der Waals surface area contributed by atoms with Gasteiger partial charge in [0.15, 0.2) is 11.5 Å². The second-order valence-electron chi connectivity index (χ2n) is 5.59. The summed E-state index contributed by atoms with van der Waals surface area (Å²) < 4.78 is 7.24. The highest BCUT2D eigenvalue weighted by Crippen LogP contribution is 2.23. The highest BCUT2D eigenvalue weighted by atomic mass is 16.5. The van der Waals surface area contributed by atoms with Crippen LogP contribution in [0.5, 0.6) is 0 Å². The number of hydrogen-bond donors (Lipinski definition) is 0. The van der Waals surface area contributed by atoms with Crippen LogP contribution in [0.3, 0.4) is 0 Å². The number of anilines is 1. The van der Waals surface area contributed by atoms with Crippen LogP contribution in [-0.2, 0) is 4.74 Å². The van der Waals surface area contributed by atoms with Crippen molar-refractivity contribution in [3.63, 3.8) is 0 Å². The second-order valence-corrected chi connectivity index (χ2v) is 5.59. The smallest absolute Gasteiger partial charge is 0.169 e. The minimum absolute atomic E-state index is 0.611. The van der Waals surface area contributed by atoms with Crippen molar-refractivity contribution in [2.75, 3.05) is 31.7 Å². The average molecular weight is 284 g/mol. The lowest BCUT2D eigenvalue weighted by Gasteiger charge is -2.24. The molecule has 2 aromatic rings. The molecule has 3 heterocycles. The number of rotatable bonds is 4. The minimum atomic E-state index is 0.611. The summed E-state index contributed by atoms with van der Waals surface area (Å²) in [6, 6.07) is 8.06. The van der Waals surface area contributed by atoms with Crippen LogP contribution in [0.1, 0.15) is 25.0 Å². The van der Waals surface area contributed by atoms with E-state index in [4.69, 9.17) is 4.74 Å². The fourth-order valence-electron chi connectivity index (χ4n) is 2.87. The van der Waals surface area contributed by atoms with Gasteiger partial charge in [0.2, 0.25) is 0 Å². The summed E-state index contributed by atoms with van der Waals surface area (Å²) in [4.78, 5) is 6.69. The van der Waals surface area contributed by atoms with Gasteiger partial charge in [0.25, 0.3) is 0 Å². The Labute approximate surface area is 124 Å². The van der Waals surface area contributed by atoms with E-state index in [0.717, 1.165) is 56.4 Å². The maximum absolute atomic E-state index is 9.42. The van der Waals surface area contributed by atoms with Crippen LogP contribution in [0.25, 0.3) is 5.65 Å². The van der Waals surface area contributed by atoms with E-state index in [9.17, 15) is 5.26 Å². The Balaban J connectivity index is 1.74. The number of pyridine rings is 1. The van der Waals surface area contributed by atoms with Gasteiger partial charge in [0.1, 0.15) is 11.7 Å². The van der Waals surface area contributed by atoms with E-state index in [0.29, 0.717) is 5.69 Å². The molecule has 0 amide bonds. The van der Waals surface area contributed by atoms with Crippen LogP contribution in [0.4, 0.5) is 5.82 Å². The zero-order chi connectivity index (χ0) is 14.7. The van der Waals surface area contributed by atoms with Crippen LogP contribution in [0.15, 0.2) is 24.4 Å². The molecule has 110 valence electrons. The van der Waals surface area contributed by atoms with Crippen LogP contribution in [0.2, 0.25) is 0 Å². The van der Waals surface area contributed by atoms with E-state index < -0.39 is 0 Å². The van der Waals surface area contributed by atoms with Crippen molar-refractivity contribution in [1.82, 2.24) is 9.38 Å². The van der Waals surface area contributed by atoms with Crippen molar-refractivity contribution in [1.29, 1.82) is 5.26 Å². The number of aromatic nitrogens is 2. The van der Waals surface area contributed by atoms with Crippen LogP contribution < -0.4 is 4.90 Å². The molecule has 0 aliphatic carbocycles. The normalized spacial score (nSPS) is 16.0. The Morgan fingerprint density at radius 1 is 1.43 bits per heavy atom. The summed E-state index contributed by atoms with van der Waals surface area (Å²) in [5.41, 5.74) is 1.43. The third kappa shape index (κ3) is 2.86. The molecular weight excluding hydrogens is 264 g/mol. The second kappa shape index (κ2) is 6.15. The van der Waals surface area contributed by atoms with E-state index in [2.05, 4.69) is 16.0 Å². The standard InChI is InChI=1S/C16H20N4O/c1-19(9-5-13-6-10-21-11-7-13)16-14(12-17)20-8-3-2-4-15(20)18-16/h2-4,8,13H,5-7,9-11H2,1H3. The molecule has 1 fully saturated rings. The van der Waals surface area contributed by atoms with Gasteiger partial charge >= 0.3 is 0 Å². The van der Waals surface area contributed by atoms with Crippen molar-refractivity contribution in [3.8, 4) is 6.07 Å². The topological polar surface area (TPSA) is 53.6 Å². The van der Waals surface area contributed by atoms with Gasteiger partial charge in [-0.15, -0.1) is 0 Å². The molecule has 1 saturated heterocycles. The Hall–Kier alpha value is -2.06. The predicted octanol–water partition coefficient (Wildman–Crippen LogP) is 2.46. The average Bonchev–Trinajstić information content (AvgIpc) is 2.92. The van der Waals surface area contributed by atoms with Crippen molar-refractivity contribution >= 4 is 11.5 Å². The molecule has 0 bridgehead atoms. The molecule has 1 aliphatic rings. The van der Waals surface area contributed by atoms with Crippen molar-refractivity contribution < 1.29 is 4.74 Å². The summed E-state index contributed by atoms with van der Waals surface area (Å²) in [7, 11) is 2.02. The SMILES string of the molecule is CN(CCC1CCOCC1)c1nc2ccccn2c1C#N. The van der Waals surface area contributed by atoms with E-state index in [1.165, 1.54) is 0 Å². The predicted molar refractivity (Wildman–Crippen MR) is 81.3 cm³/mol. The highest BCUT2D eigenvalue weighted by Gasteiger charge is 2.18. The van der Waals surface area contributed by atoms with Crippen LogP contribution in [-0.4, -0.2) is 36.2 Å². The zero-order valence-corrected chi connectivity index (χ0v) is 12.3. The quantitative estimate of drug-likeness (QED) is 0.865. The largest absolute Gasteiger partial charge is 0.381 e. The van der Waals surface area contributed by atoms with Gasteiger partial charge in [-0.25, -0.2) is 4.98 Å². The lowest BCUT2D eigenvalue weighted by Crippen LogP contribution is -2.25. The van der Waals surface area contributed by atoms with Crippen LogP contribution >= 0.6 is 0 Å². The molecule has 5 heteroatoms. The monoisotopic (exact) mass is 284 g/mol. The fraction of sp³-hybridized carbons (Fsp3) is 0.500. The molecule has 0 atom stereocenters. The number of ether oxygens (including phenoxy) is 1. The van der Waals surface area contributed by atoms with Gasteiger partial charge < -0.3 is 9.64 Å². The number of fused-ring (bicyclic) bond motifs is 1. The first kappa shape index (κ1) is 13.9. The number of nitrogens with zero attached hydrogens (tertiary/aromatic N) is 4.